The molecule has 188 valence electrons. The lowest BCUT2D eigenvalue weighted by Gasteiger charge is -2.28. The highest BCUT2D eigenvalue weighted by Crippen LogP contribution is 2.35. The average Bonchev–Trinajstić information content (AvgIpc) is 3.33. The number of anilines is 1. The Kier molecular flexibility index (Phi) is 5.91. The topological polar surface area (TPSA) is 75.5 Å². The molecule has 0 amide bonds. The number of aromatic nitrogens is 4. The first kappa shape index (κ1) is 23.3. The average molecular weight is 494 g/mol. The van der Waals surface area contributed by atoms with Crippen LogP contribution < -0.4 is 15.2 Å². The van der Waals surface area contributed by atoms with Crippen LogP contribution in [0, 0.1) is 6.92 Å². The summed E-state index contributed by atoms with van der Waals surface area (Å²) in [6.07, 6.45) is 3.53. The monoisotopic (exact) mass is 493 g/mol. The highest BCUT2D eigenvalue weighted by Gasteiger charge is 2.26. The van der Waals surface area contributed by atoms with Gasteiger partial charge in [0.2, 0.25) is 5.88 Å². The third-order valence-corrected chi connectivity index (χ3v) is 7.55. The summed E-state index contributed by atoms with van der Waals surface area (Å²) >= 11 is 0. The number of methoxy groups -OCH3 is 1. The number of H-pyrrole nitrogens is 1. The second kappa shape index (κ2) is 9.39. The van der Waals surface area contributed by atoms with Gasteiger partial charge in [-0.15, -0.1) is 0 Å². The molecule has 1 N–H and O–H groups in total. The fraction of sp³-hybridized carbons (Fsp3) is 0.300. The van der Waals surface area contributed by atoms with Crippen molar-refractivity contribution >= 4 is 22.2 Å². The number of fused-ring (bicyclic) bond motifs is 2. The molecule has 1 saturated heterocycles. The van der Waals surface area contributed by atoms with E-state index in [9.17, 15) is 4.79 Å². The molecular formula is C30H31N5O2. The summed E-state index contributed by atoms with van der Waals surface area (Å²) in [7, 11) is 1.62. The highest BCUT2D eigenvalue weighted by atomic mass is 16.5. The summed E-state index contributed by atoms with van der Waals surface area (Å²) < 4.78 is 6.91. The summed E-state index contributed by atoms with van der Waals surface area (Å²) in [5, 5.41) is 4.45. The van der Waals surface area contributed by atoms with Crippen LogP contribution in [0.4, 0.5) is 5.69 Å². The lowest BCUT2D eigenvalue weighted by Crippen LogP contribution is -2.30. The van der Waals surface area contributed by atoms with Crippen molar-refractivity contribution in [2.45, 2.75) is 39.0 Å². The van der Waals surface area contributed by atoms with Crippen molar-refractivity contribution in [1.82, 2.24) is 19.6 Å². The van der Waals surface area contributed by atoms with E-state index < -0.39 is 0 Å². The molecule has 6 rings (SSSR count). The predicted octanol–water partition coefficient (Wildman–Crippen LogP) is 5.70. The number of pyridine rings is 1. The molecule has 3 aromatic heterocycles. The van der Waals surface area contributed by atoms with E-state index in [1.54, 1.807) is 11.6 Å². The molecule has 7 nitrogen and oxygen atoms in total. The first-order chi connectivity index (χ1) is 18.0. The van der Waals surface area contributed by atoms with E-state index in [-0.39, 0.29) is 11.5 Å². The lowest BCUT2D eigenvalue weighted by atomic mass is 9.92. The van der Waals surface area contributed by atoms with Gasteiger partial charge in [-0.25, -0.2) is 9.97 Å². The number of nitrogens with one attached hydrogen (secondary N) is 1. The van der Waals surface area contributed by atoms with Crippen LogP contribution in [0.2, 0.25) is 0 Å². The molecule has 5 aromatic rings. The number of nitrogens with zero attached hydrogens (tertiary/aromatic N) is 4. The number of aromatic amines is 1. The third kappa shape index (κ3) is 4.04. The molecule has 1 aliphatic rings. The molecule has 0 radical (unpaired) electrons. The highest BCUT2D eigenvalue weighted by molar-refractivity contribution is 5.86. The van der Waals surface area contributed by atoms with E-state index in [0.29, 0.717) is 17.1 Å². The summed E-state index contributed by atoms with van der Waals surface area (Å²) in [6, 6.07) is 20.2. The first-order valence-electron chi connectivity index (χ1n) is 13.0. The molecule has 4 heterocycles. The van der Waals surface area contributed by atoms with Gasteiger partial charge in [-0.3, -0.25) is 9.89 Å². The van der Waals surface area contributed by atoms with Crippen LogP contribution >= 0.6 is 0 Å². The second-order valence-corrected chi connectivity index (χ2v) is 9.85. The van der Waals surface area contributed by atoms with Gasteiger partial charge >= 0.3 is 0 Å². The largest absolute Gasteiger partial charge is 0.481 e. The van der Waals surface area contributed by atoms with Gasteiger partial charge in [0, 0.05) is 47.3 Å². The Bertz CT molecular complexity index is 1650. The number of rotatable bonds is 5. The molecule has 0 bridgehead atoms. The SMILES string of the molecule is COc1ccc2cc(C(C)c3c(C)nc4c(N5CCCCC5)c(-c5ccccc5)[nH]n4c3=O)ccc2n1. The van der Waals surface area contributed by atoms with Crippen LogP contribution in [0.25, 0.3) is 27.8 Å². The van der Waals surface area contributed by atoms with Crippen LogP contribution in [0.5, 0.6) is 5.88 Å². The van der Waals surface area contributed by atoms with E-state index in [1.165, 1.54) is 6.42 Å². The Morgan fingerprint density at radius 2 is 1.76 bits per heavy atom. The molecular weight excluding hydrogens is 462 g/mol. The van der Waals surface area contributed by atoms with Gasteiger partial charge in [-0.05, 0) is 49.9 Å². The Morgan fingerprint density at radius 3 is 2.51 bits per heavy atom. The fourth-order valence-corrected chi connectivity index (χ4v) is 5.58. The molecule has 0 spiro atoms. The van der Waals surface area contributed by atoms with Gasteiger partial charge in [-0.1, -0.05) is 43.3 Å². The number of piperidine rings is 1. The quantitative estimate of drug-likeness (QED) is 0.340. The van der Waals surface area contributed by atoms with Crippen molar-refractivity contribution in [3.63, 3.8) is 0 Å². The first-order valence-corrected chi connectivity index (χ1v) is 13.0. The van der Waals surface area contributed by atoms with Crippen molar-refractivity contribution in [2.24, 2.45) is 0 Å². The van der Waals surface area contributed by atoms with Gasteiger partial charge < -0.3 is 9.64 Å². The molecule has 1 unspecified atom stereocenters. The number of ether oxygens (including phenoxy) is 1. The van der Waals surface area contributed by atoms with Crippen LogP contribution in [0.3, 0.4) is 0 Å². The standard InChI is InChI=1S/C30H31N5O2/c1-19(22-12-14-24-23(18-22)13-15-25(32-24)37-3)26-20(2)31-29-28(34-16-8-5-9-17-34)27(33-35(29)30(26)36)21-10-6-4-7-11-21/h4,6-7,10-15,18-19,33H,5,8-9,16-17H2,1-3H3. The van der Waals surface area contributed by atoms with E-state index >= 15 is 0 Å². The van der Waals surface area contributed by atoms with Crippen LogP contribution in [-0.4, -0.2) is 39.8 Å². The molecule has 1 fully saturated rings. The van der Waals surface area contributed by atoms with Gasteiger partial charge in [0.15, 0.2) is 5.65 Å². The minimum atomic E-state index is -0.134. The van der Waals surface area contributed by atoms with E-state index in [0.717, 1.165) is 65.0 Å². The summed E-state index contributed by atoms with van der Waals surface area (Å²) in [4.78, 5) is 26.0. The van der Waals surface area contributed by atoms with Crippen molar-refractivity contribution in [3.8, 4) is 17.1 Å². The van der Waals surface area contributed by atoms with E-state index in [4.69, 9.17) is 9.72 Å². The summed E-state index contributed by atoms with van der Waals surface area (Å²) in [5.41, 5.74) is 7.05. The Balaban J connectivity index is 1.50. The minimum absolute atomic E-state index is 0.0524. The molecule has 0 saturated carbocycles. The van der Waals surface area contributed by atoms with Gasteiger partial charge in [0.05, 0.1) is 18.3 Å². The third-order valence-electron chi connectivity index (χ3n) is 7.55. The lowest BCUT2D eigenvalue weighted by molar-refractivity contribution is 0.399. The predicted molar refractivity (Wildman–Crippen MR) is 148 cm³/mol. The minimum Gasteiger partial charge on any atom is -0.481 e. The molecule has 37 heavy (non-hydrogen) atoms. The van der Waals surface area contributed by atoms with Crippen LogP contribution in [-0.2, 0) is 0 Å². The maximum atomic E-state index is 14.0. The van der Waals surface area contributed by atoms with Crippen molar-refractivity contribution in [2.75, 3.05) is 25.1 Å². The smallest absolute Gasteiger partial charge is 0.276 e. The van der Waals surface area contributed by atoms with Gasteiger partial charge in [-0.2, -0.15) is 4.52 Å². The summed E-state index contributed by atoms with van der Waals surface area (Å²) in [6.45, 7) is 5.96. The maximum absolute atomic E-state index is 14.0. The Morgan fingerprint density at radius 1 is 0.973 bits per heavy atom. The molecule has 1 aliphatic heterocycles. The normalized spacial score (nSPS) is 14.8. The zero-order valence-corrected chi connectivity index (χ0v) is 21.5. The second-order valence-electron chi connectivity index (χ2n) is 9.85. The molecule has 2 aromatic carbocycles. The molecule has 7 heteroatoms. The van der Waals surface area contributed by atoms with Crippen LogP contribution in [0.1, 0.15) is 48.9 Å². The van der Waals surface area contributed by atoms with E-state index in [1.807, 2.05) is 49.4 Å². The fourth-order valence-electron chi connectivity index (χ4n) is 5.58. The van der Waals surface area contributed by atoms with Crippen molar-refractivity contribution in [3.05, 3.63) is 87.8 Å². The number of aryl methyl sites for hydroxylation is 1. The molecule has 1 atom stereocenters. The summed E-state index contributed by atoms with van der Waals surface area (Å²) in [5.74, 6) is 0.452. The number of hydrogen-bond donors (Lipinski definition) is 1. The number of hydrogen-bond acceptors (Lipinski definition) is 5. The maximum Gasteiger partial charge on any atom is 0.276 e. The Hall–Kier alpha value is -4.13. The molecule has 0 aliphatic carbocycles. The van der Waals surface area contributed by atoms with Gasteiger partial charge in [0.25, 0.3) is 5.56 Å². The van der Waals surface area contributed by atoms with E-state index in [2.05, 4.69) is 40.1 Å². The zero-order chi connectivity index (χ0) is 25.5. The van der Waals surface area contributed by atoms with Crippen molar-refractivity contribution < 1.29 is 4.74 Å². The van der Waals surface area contributed by atoms with Crippen molar-refractivity contribution in [1.29, 1.82) is 0 Å². The van der Waals surface area contributed by atoms with Crippen LogP contribution in [0.15, 0.2) is 65.5 Å². The van der Waals surface area contributed by atoms with Gasteiger partial charge in [0.1, 0.15) is 5.69 Å². The zero-order valence-electron chi connectivity index (χ0n) is 21.5. The number of benzene rings is 2. The Labute approximate surface area is 215 Å².